The van der Waals surface area contributed by atoms with Crippen molar-refractivity contribution in [2.24, 2.45) is 5.92 Å². The zero-order valence-electron chi connectivity index (χ0n) is 41.8. The molecule has 0 fully saturated rings. The maximum atomic E-state index is 14.5. The van der Waals surface area contributed by atoms with Gasteiger partial charge in [-0.15, -0.1) is 0 Å². The van der Waals surface area contributed by atoms with E-state index in [1.54, 1.807) is 63.2 Å². The number of carbonyl (C=O) groups is 2. The molecule has 16 nitrogen and oxygen atoms in total. The molecule has 374 valence electrons. The summed E-state index contributed by atoms with van der Waals surface area (Å²) in [7, 11) is 1.50. The number of fused-ring (bicyclic) bond motifs is 1. The zero-order chi connectivity index (χ0) is 51.2. The van der Waals surface area contributed by atoms with Crippen LogP contribution in [-0.4, -0.2) is 82.3 Å². The normalized spacial score (nSPS) is 12.5. The van der Waals surface area contributed by atoms with Crippen molar-refractivity contribution in [1.29, 1.82) is 5.26 Å². The molecule has 5 aromatic carbocycles. The second-order valence-electron chi connectivity index (χ2n) is 17.5. The number of rotatable bonds is 23. The maximum Gasteiger partial charge on any atom is 0.425 e. The van der Waals surface area contributed by atoms with E-state index in [0.717, 1.165) is 16.7 Å². The molecular weight excluding hydrogens is 932 g/mol. The number of hydrogen-bond donors (Lipinski definition) is 1. The van der Waals surface area contributed by atoms with Gasteiger partial charge in [0.15, 0.2) is 11.2 Å². The highest BCUT2D eigenvalue weighted by molar-refractivity contribution is 7.44. The molecule has 0 radical (unpaired) electrons. The molecule has 2 heterocycles. The van der Waals surface area contributed by atoms with Gasteiger partial charge in [-0.3, -0.25) is 10.1 Å². The molecule has 1 unspecified atom stereocenters. The SMILES string of the molecule is COc1ccc(C(OC[C@@H](COP(OCCC#N)N(C(C)C)C(C)C)n2cnc3c(OC(=O)N(c4ccccc4)c4ccccc4)nc(NC(=O)C(C)C)nc32)(c2ccccc2)c2ccc(OC)cc2)cc1. The van der Waals surface area contributed by atoms with Crippen molar-refractivity contribution in [3.8, 4) is 23.4 Å². The molecule has 2 amide bonds. The van der Waals surface area contributed by atoms with Crippen molar-refractivity contribution in [3.05, 3.63) is 163 Å². The summed E-state index contributed by atoms with van der Waals surface area (Å²) >= 11 is 0. The Hall–Kier alpha value is -7.25. The lowest BCUT2D eigenvalue weighted by molar-refractivity contribution is -0.118. The van der Waals surface area contributed by atoms with Gasteiger partial charge in [0, 0.05) is 18.0 Å². The van der Waals surface area contributed by atoms with E-state index >= 15 is 0 Å². The summed E-state index contributed by atoms with van der Waals surface area (Å²) in [6, 6.07) is 45.1. The van der Waals surface area contributed by atoms with E-state index in [1.165, 1.54) is 4.90 Å². The number of ether oxygens (including phenoxy) is 4. The Bertz CT molecular complexity index is 2790. The molecule has 2 aromatic heterocycles. The summed E-state index contributed by atoms with van der Waals surface area (Å²) in [5.41, 5.74) is 2.65. The summed E-state index contributed by atoms with van der Waals surface area (Å²) in [5, 5.41) is 12.3. The highest BCUT2D eigenvalue weighted by Crippen LogP contribution is 2.48. The summed E-state index contributed by atoms with van der Waals surface area (Å²) in [5.74, 6) is 0.245. The molecule has 2 atom stereocenters. The van der Waals surface area contributed by atoms with Crippen LogP contribution in [-0.2, 0) is 24.2 Å². The minimum atomic E-state index is -1.74. The van der Waals surface area contributed by atoms with Gasteiger partial charge in [0.05, 0.1) is 70.3 Å². The fraction of sp³-hybridized carbons (Fsp3) is 0.309. The van der Waals surface area contributed by atoms with Crippen LogP contribution in [0.25, 0.3) is 11.2 Å². The van der Waals surface area contributed by atoms with Crippen molar-refractivity contribution in [2.45, 2.75) is 71.7 Å². The molecule has 0 aliphatic heterocycles. The summed E-state index contributed by atoms with van der Waals surface area (Å²) < 4.78 is 42.1. The third-order valence-electron chi connectivity index (χ3n) is 11.6. The van der Waals surface area contributed by atoms with Crippen molar-refractivity contribution in [2.75, 3.05) is 44.3 Å². The third kappa shape index (κ3) is 12.3. The molecule has 0 aliphatic carbocycles. The van der Waals surface area contributed by atoms with Crippen molar-refractivity contribution in [3.63, 3.8) is 0 Å². The first-order valence-electron chi connectivity index (χ1n) is 23.8. The second-order valence-corrected chi connectivity index (χ2v) is 19.0. The number of methoxy groups -OCH3 is 2. The molecule has 0 saturated carbocycles. The van der Waals surface area contributed by atoms with Crippen LogP contribution in [0.1, 0.15) is 70.7 Å². The molecular formula is C55H61N8O8P. The fourth-order valence-corrected chi connectivity index (χ4v) is 9.79. The number of para-hydroxylation sites is 2. The first-order chi connectivity index (χ1) is 34.9. The van der Waals surface area contributed by atoms with E-state index in [1.807, 2.05) is 115 Å². The Labute approximate surface area is 422 Å². The fourth-order valence-electron chi connectivity index (χ4n) is 8.15. The van der Waals surface area contributed by atoms with Crippen LogP contribution in [0.3, 0.4) is 0 Å². The molecule has 0 spiro atoms. The smallest absolute Gasteiger partial charge is 0.425 e. The number of hydrogen-bond acceptors (Lipinski definition) is 13. The number of nitriles is 1. The largest absolute Gasteiger partial charge is 0.497 e. The molecule has 0 aliphatic rings. The van der Waals surface area contributed by atoms with Gasteiger partial charge in [0.2, 0.25) is 11.9 Å². The molecule has 0 bridgehead atoms. The van der Waals surface area contributed by atoms with Gasteiger partial charge < -0.3 is 32.6 Å². The van der Waals surface area contributed by atoms with Gasteiger partial charge in [-0.1, -0.05) is 105 Å². The van der Waals surface area contributed by atoms with E-state index in [9.17, 15) is 14.9 Å². The van der Waals surface area contributed by atoms with E-state index < -0.39 is 32.2 Å². The summed E-state index contributed by atoms with van der Waals surface area (Å²) in [6.45, 7) is 11.9. The molecule has 7 rings (SSSR count). The number of nitrogens with zero attached hydrogens (tertiary/aromatic N) is 7. The van der Waals surface area contributed by atoms with Crippen LogP contribution in [0.15, 0.2) is 146 Å². The standard InChI is InChI=1S/C55H61N8O8P/c1-38(2)51(64)59-53-58-50-49(52(60-53)71-54(65)62(44-21-14-10-15-22-44)45-23-16-11-17-24-45)57-37-61(50)46(36-70-72(69-34-18-33-56)63(39(3)4)40(5)6)35-68-55(41-19-12-9-13-20-41,42-25-29-47(66-7)30-26-42)43-27-31-48(67-8)32-28-43/h9-17,19-32,37-40,46H,18,34-36H2,1-8H3,(H,58,59,60,64)/t46-,72?/m0/s1. The third-order valence-corrected chi connectivity index (χ3v) is 13.7. The summed E-state index contributed by atoms with van der Waals surface area (Å²) in [4.78, 5) is 43.6. The van der Waals surface area contributed by atoms with Gasteiger partial charge in [-0.05, 0) is 92.9 Å². The van der Waals surface area contributed by atoms with Crippen LogP contribution in [0.2, 0.25) is 0 Å². The Morgan fingerprint density at radius 1 is 0.708 bits per heavy atom. The molecule has 17 heteroatoms. The minimum Gasteiger partial charge on any atom is -0.497 e. The van der Waals surface area contributed by atoms with E-state index in [4.69, 9.17) is 38.0 Å². The molecule has 7 aromatic rings. The van der Waals surface area contributed by atoms with Crippen molar-refractivity contribution < 1.29 is 37.6 Å². The van der Waals surface area contributed by atoms with Gasteiger partial charge >= 0.3 is 6.09 Å². The first-order valence-corrected chi connectivity index (χ1v) is 24.9. The van der Waals surface area contributed by atoms with Crippen molar-refractivity contribution >= 4 is 49.0 Å². The second kappa shape index (κ2) is 24.7. The monoisotopic (exact) mass is 992 g/mol. The predicted molar refractivity (Wildman–Crippen MR) is 278 cm³/mol. The highest BCUT2D eigenvalue weighted by Gasteiger charge is 2.40. The van der Waals surface area contributed by atoms with Crippen LogP contribution >= 0.6 is 8.53 Å². The lowest BCUT2D eigenvalue weighted by Gasteiger charge is -2.38. The average Bonchev–Trinajstić information content (AvgIpc) is 3.82. The van der Waals surface area contributed by atoms with Crippen molar-refractivity contribution in [1.82, 2.24) is 24.2 Å². The Kier molecular flexibility index (Phi) is 18.1. The van der Waals surface area contributed by atoms with E-state index in [-0.39, 0.29) is 67.2 Å². The van der Waals surface area contributed by atoms with Gasteiger partial charge in [-0.25, -0.2) is 19.3 Å². The number of aromatic nitrogens is 4. The van der Waals surface area contributed by atoms with Gasteiger partial charge in [0.1, 0.15) is 17.1 Å². The number of imidazole rings is 1. The Morgan fingerprint density at radius 2 is 1.24 bits per heavy atom. The van der Waals surface area contributed by atoms with Crippen LogP contribution < -0.4 is 24.4 Å². The van der Waals surface area contributed by atoms with E-state index in [2.05, 4.69) is 48.7 Å². The summed E-state index contributed by atoms with van der Waals surface area (Å²) in [6.07, 6.45) is 0.963. The quantitative estimate of drug-likeness (QED) is 0.0364. The minimum absolute atomic E-state index is 0.0151. The van der Waals surface area contributed by atoms with Gasteiger partial charge in [0.25, 0.3) is 14.4 Å². The number of benzene rings is 5. The van der Waals surface area contributed by atoms with Gasteiger partial charge in [-0.2, -0.15) is 15.2 Å². The molecule has 72 heavy (non-hydrogen) atoms. The number of anilines is 3. The van der Waals surface area contributed by atoms with E-state index in [0.29, 0.717) is 22.9 Å². The zero-order valence-corrected chi connectivity index (χ0v) is 42.7. The Morgan fingerprint density at radius 3 is 1.74 bits per heavy atom. The molecule has 0 saturated heterocycles. The average molecular weight is 993 g/mol. The van der Waals surface area contributed by atoms with Crippen LogP contribution in [0, 0.1) is 17.2 Å². The lowest BCUT2D eigenvalue weighted by atomic mass is 9.80. The topological polar surface area (TPSA) is 175 Å². The lowest BCUT2D eigenvalue weighted by Crippen LogP contribution is -2.37. The highest BCUT2D eigenvalue weighted by atomic mass is 31.2. The van der Waals surface area contributed by atoms with Crippen LogP contribution in [0.4, 0.5) is 22.1 Å². The number of carbonyl (C=O) groups excluding carboxylic acids is 2. The predicted octanol–water partition coefficient (Wildman–Crippen LogP) is 11.6. The maximum absolute atomic E-state index is 14.5. The first kappa shape index (κ1) is 52.6. The van der Waals surface area contributed by atoms with Crippen LogP contribution in [0.5, 0.6) is 17.4 Å². The molecule has 1 N–H and O–H groups in total. The number of amides is 2. The number of nitrogens with one attached hydrogen (secondary N) is 1. The Balaban J connectivity index is 1.40.